The molecule has 8 nitrogen and oxygen atoms in total. The summed E-state index contributed by atoms with van der Waals surface area (Å²) in [5.74, 6) is -1.20. The van der Waals surface area contributed by atoms with Gasteiger partial charge in [-0.05, 0) is 39.1 Å². The Morgan fingerprint density at radius 2 is 2.11 bits per heavy atom. The molecule has 1 atom stereocenters. The van der Waals surface area contributed by atoms with Gasteiger partial charge in [0.1, 0.15) is 11.6 Å². The summed E-state index contributed by atoms with van der Waals surface area (Å²) >= 11 is 0. The summed E-state index contributed by atoms with van der Waals surface area (Å²) < 4.78 is 5.20. The first-order chi connectivity index (χ1) is 8.76. The molecular formula is C11H18N4O4. The lowest BCUT2D eigenvalue weighted by molar-refractivity contribution is -0.143. The van der Waals surface area contributed by atoms with Gasteiger partial charge >= 0.3 is 12.1 Å². The monoisotopic (exact) mass is 270 g/mol. The van der Waals surface area contributed by atoms with Crippen LogP contribution in [-0.2, 0) is 9.53 Å². The molecule has 0 spiro atoms. The van der Waals surface area contributed by atoms with Gasteiger partial charge in [-0.15, -0.1) is 0 Å². The molecule has 1 rings (SSSR count). The van der Waals surface area contributed by atoms with Crippen molar-refractivity contribution in [2.24, 2.45) is 5.11 Å². The number of carboxylic acids is 1. The Bertz CT molecular complexity index is 407. The van der Waals surface area contributed by atoms with Crippen molar-refractivity contribution in [2.45, 2.75) is 51.3 Å². The van der Waals surface area contributed by atoms with Gasteiger partial charge in [0.05, 0.1) is 6.54 Å². The first-order valence-electron chi connectivity index (χ1n) is 6.01. The minimum Gasteiger partial charge on any atom is -0.480 e. The molecule has 1 saturated carbocycles. The number of hydrogen-bond donors (Lipinski definition) is 1. The maximum atomic E-state index is 12.1. The first kappa shape index (κ1) is 15.1. The Morgan fingerprint density at radius 1 is 1.53 bits per heavy atom. The van der Waals surface area contributed by atoms with Crippen LogP contribution in [-0.4, -0.2) is 46.3 Å². The minimum atomic E-state index is -1.20. The lowest BCUT2D eigenvalue weighted by Gasteiger charge is -2.30. The van der Waals surface area contributed by atoms with E-state index in [1.54, 1.807) is 20.8 Å². The second kappa shape index (κ2) is 5.79. The van der Waals surface area contributed by atoms with E-state index in [2.05, 4.69) is 10.0 Å². The number of hydrogen-bond acceptors (Lipinski definition) is 4. The lowest BCUT2D eigenvalue weighted by atomic mass is 10.2. The van der Waals surface area contributed by atoms with Gasteiger partial charge in [0.2, 0.25) is 0 Å². The second-order valence-corrected chi connectivity index (χ2v) is 5.39. The average Bonchev–Trinajstić information content (AvgIpc) is 3.04. The van der Waals surface area contributed by atoms with Crippen LogP contribution in [0.2, 0.25) is 0 Å². The minimum absolute atomic E-state index is 0.148. The number of rotatable bonds is 5. The smallest absolute Gasteiger partial charge is 0.411 e. The molecule has 0 saturated heterocycles. The zero-order valence-electron chi connectivity index (χ0n) is 11.2. The van der Waals surface area contributed by atoms with Crippen LogP contribution in [0.4, 0.5) is 4.79 Å². The topological polar surface area (TPSA) is 116 Å². The quantitative estimate of drug-likeness (QED) is 0.468. The van der Waals surface area contributed by atoms with E-state index in [1.807, 2.05) is 0 Å². The van der Waals surface area contributed by atoms with Crippen molar-refractivity contribution in [2.75, 3.05) is 6.54 Å². The number of amides is 1. The SMILES string of the molecule is CC(C)(C)OC(=O)N(C1CC1)C(CN=[N+]=[N-])C(=O)O. The summed E-state index contributed by atoms with van der Waals surface area (Å²) in [6.45, 7) is 4.82. The average molecular weight is 270 g/mol. The Balaban J connectivity index is 2.87. The number of azide groups is 1. The Labute approximate surface area is 111 Å². The summed E-state index contributed by atoms with van der Waals surface area (Å²) in [7, 11) is 0. The predicted octanol–water partition coefficient (Wildman–Crippen LogP) is 2.15. The van der Waals surface area contributed by atoms with E-state index in [1.165, 1.54) is 4.90 Å². The van der Waals surface area contributed by atoms with Crippen molar-refractivity contribution in [1.82, 2.24) is 4.90 Å². The van der Waals surface area contributed by atoms with Crippen molar-refractivity contribution in [3.05, 3.63) is 10.4 Å². The highest BCUT2D eigenvalue weighted by atomic mass is 16.6. The standard InChI is InChI=1S/C11H18N4O4/c1-11(2,3)19-10(18)15(7-4-5-7)8(9(16)17)6-13-14-12/h7-8H,4-6H2,1-3H3,(H,16,17). The highest BCUT2D eigenvalue weighted by molar-refractivity contribution is 5.81. The fraction of sp³-hybridized carbons (Fsp3) is 0.818. The van der Waals surface area contributed by atoms with Crippen LogP contribution in [0.5, 0.6) is 0 Å². The number of carboxylic acid groups (broad SMARTS) is 1. The number of carbonyl (C=O) groups is 2. The lowest BCUT2D eigenvalue weighted by Crippen LogP contribution is -2.50. The molecule has 8 heteroatoms. The molecule has 106 valence electrons. The van der Waals surface area contributed by atoms with Gasteiger partial charge in [0.15, 0.2) is 0 Å². The molecule has 0 radical (unpaired) electrons. The maximum Gasteiger partial charge on any atom is 0.411 e. The largest absolute Gasteiger partial charge is 0.480 e. The van der Waals surface area contributed by atoms with Crippen LogP contribution in [0, 0.1) is 0 Å². The predicted molar refractivity (Wildman–Crippen MR) is 66.5 cm³/mol. The van der Waals surface area contributed by atoms with Gasteiger partial charge in [-0.25, -0.2) is 9.59 Å². The number of aliphatic carboxylic acids is 1. The summed E-state index contributed by atoms with van der Waals surface area (Å²) in [5, 5.41) is 12.4. The summed E-state index contributed by atoms with van der Waals surface area (Å²) in [6.07, 6.45) is 0.786. The molecule has 1 aliphatic carbocycles. The third-order valence-corrected chi connectivity index (χ3v) is 2.48. The third kappa shape index (κ3) is 4.67. The van der Waals surface area contributed by atoms with Crippen molar-refractivity contribution in [3.8, 4) is 0 Å². The molecule has 0 aromatic carbocycles. The number of ether oxygens (including phenoxy) is 1. The normalized spacial score (nSPS) is 16.2. The fourth-order valence-corrected chi connectivity index (χ4v) is 1.60. The van der Waals surface area contributed by atoms with Gasteiger partial charge in [-0.2, -0.15) is 0 Å². The van der Waals surface area contributed by atoms with Crippen LogP contribution in [0.1, 0.15) is 33.6 Å². The number of nitrogens with zero attached hydrogens (tertiary/aromatic N) is 4. The maximum absolute atomic E-state index is 12.1. The molecule has 0 aliphatic heterocycles. The second-order valence-electron chi connectivity index (χ2n) is 5.39. The van der Waals surface area contributed by atoms with E-state index in [9.17, 15) is 9.59 Å². The van der Waals surface area contributed by atoms with E-state index in [0.29, 0.717) is 0 Å². The van der Waals surface area contributed by atoms with Crippen molar-refractivity contribution >= 4 is 12.1 Å². The van der Waals surface area contributed by atoms with Crippen LogP contribution in [0.3, 0.4) is 0 Å². The van der Waals surface area contributed by atoms with E-state index >= 15 is 0 Å². The molecule has 1 unspecified atom stereocenters. The molecular weight excluding hydrogens is 252 g/mol. The van der Waals surface area contributed by atoms with Gasteiger partial charge < -0.3 is 9.84 Å². The Hall–Kier alpha value is -1.95. The summed E-state index contributed by atoms with van der Waals surface area (Å²) in [5.41, 5.74) is 7.59. The van der Waals surface area contributed by atoms with Gasteiger partial charge in [-0.1, -0.05) is 5.11 Å². The molecule has 1 amide bonds. The van der Waals surface area contributed by atoms with Crippen LogP contribution in [0.25, 0.3) is 10.4 Å². The third-order valence-electron chi connectivity index (χ3n) is 2.48. The summed E-state index contributed by atoms with van der Waals surface area (Å²) in [4.78, 5) is 27.0. The van der Waals surface area contributed by atoms with E-state index in [4.69, 9.17) is 15.4 Å². The molecule has 0 aromatic heterocycles. The van der Waals surface area contributed by atoms with Crippen LogP contribution in [0.15, 0.2) is 5.11 Å². The van der Waals surface area contributed by atoms with Gasteiger partial charge in [-0.3, -0.25) is 4.90 Å². The van der Waals surface area contributed by atoms with Crippen molar-refractivity contribution < 1.29 is 19.4 Å². The molecule has 1 aliphatic rings. The number of carbonyl (C=O) groups excluding carboxylic acids is 1. The van der Waals surface area contributed by atoms with E-state index < -0.39 is 23.7 Å². The van der Waals surface area contributed by atoms with Gasteiger partial charge in [0, 0.05) is 11.0 Å². The van der Waals surface area contributed by atoms with Crippen LogP contribution < -0.4 is 0 Å². The highest BCUT2D eigenvalue weighted by Crippen LogP contribution is 2.30. The Morgan fingerprint density at radius 3 is 2.47 bits per heavy atom. The van der Waals surface area contributed by atoms with Gasteiger partial charge in [0.25, 0.3) is 0 Å². The van der Waals surface area contributed by atoms with E-state index in [0.717, 1.165) is 12.8 Å². The molecule has 1 fully saturated rings. The molecule has 0 aromatic rings. The van der Waals surface area contributed by atoms with Crippen LogP contribution >= 0.6 is 0 Å². The molecule has 1 N–H and O–H groups in total. The highest BCUT2D eigenvalue weighted by Gasteiger charge is 2.42. The van der Waals surface area contributed by atoms with E-state index in [-0.39, 0.29) is 12.6 Å². The van der Waals surface area contributed by atoms with Crippen molar-refractivity contribution in [3.63, 3.8) is 0 Å². The molecule has 0 bridgehead atoms. The molecule has 0 heterocycles. The Kier molecular flexibility index (Phi) is 4.61. The first-order valence-corrected chi connectivity index (χ1v) is 6.01. The summed E-state index contributed by atoms with van der Waals surface area (Å²) in [6, 6.07) is -1.33. The zero-order valence-corrected chi connectivity index (χ0v) is 11.2. The fourth-order valence-electron chi connectivity index (χ4n) is 1.60. The van der Waals surface area contributed by atoms with Crippen molar-refractivity contribution in [1.29, 1.82) is 0 Å². The molecule has 19 heavy (non-hydrogen) atoms. The zero-order chi connectivity index (χ0) is 14.6.